The number of aromatic nitrogens is 2. The Kier molecular flexibility index (Phi) is 7.72. The second-order valence-corrected chi connectivity index (χ2v) is 12.7. The van der Waals surface area contributed by atoms with E-state index in [1.54, 1.807) is 0 Å². The zero-order valence-corrected chi connectivity index (χ0v) is 26.4. The highest BCUT2D eigenvalue weighted by Gasteiger charge is 2.40. The van der Waals surface area contributed by atoms with Crippen molar-refractivity contribution in [2.24, 2.45) is 0 Å². The molecule has 4 nitrogen and oxygen atoms in total. The van der Waals surface area contributed by atoms with Crippen LogP contribution < -0.4 is 9.80 Å². The molecule has 2 aliphatic heterocycles. The van der Waals surface area contributed by atoms with Gasteiger partial charge >= 0.3 is 0 Å². The van der Waals surface area contributed by atoms with Crippen molar-refractivity contribution in [1.29, 1.82) is 0 Å². The zero-order chi connectivity index (χ0) is 30.7. The molecule has 0 fully saturated rings. The average molecular weight is 629 g/mol. The van der Waals surface area contributed by atoms with Gasteiger partial charge in [0.25, 0.3) is 0 Å². The number of benzene rings is 4. The smallest absolute Gasteiger partial charge is 0.117 e. The minimum Gasteiger partial charge on any atom is -0.299 e. The number of hydrogen-bond donors (Lipinski definition) is 0. The quantitative estimate of drug-likeness (QED) is 0.182. The minimum atomic E-state index is 1.00. The Morgan fingerprint density at radius 3 is 1.04 bits per heavy atom. The molecule has 4 aromatic carbocycles. The van der Waals surface area contributed by atoms with Crippen molar-refractivity contribution in [2.75, 3.05) is 9.80 Å². The van der Waals surface area contributed by atoms with Gasteiger partial charge in [-0.05, 0) is 46.5 Å². The van der Waals surface area contributed by atoms with Crippen LogP contribution in [0.2, 0.25) is 0 Å². The molecule has 2 aliphatic rings. The lowest BCUT2D eigenvalue weighted by Crippen LogP contribution is -2.23. The van der Waals surface area contributed by atoms with Crippen molar-refractivity contribution in [3.63, 3.8) is 0 Å². The fourth-order valence-electron chi connectivity index (χ4n) is 5.81. The number of anilines is 2. The average Bonchev–Trinajstić information content (AvgIpc) is 3.74. The van der Waals surface area contributed by atoms with E-state index in [4.69, 9.17) is 0 Å². The largest absolute Gasteiger partial charge is 0.299 e. The van der Waals surface area contributed by atoms with Crippen LogP contribution in [0.15, 0.2) is 180 Å². The van der Waals surface area contributed by atoms with Gasteiger partial charge in [0.15, 0.2) is 0 Å². The van der Waals surface area contributed by atoms with Gasteiger partial charge in [0.2, 0.25) is 0 Å². The normalized spacial score (nSPS) is 16.4. The first-order chi connectivity index (χ1) is 22.9. The molecule has 0 bridgehead atoms. The highest BCUT2D eigenvalue weighted by Crippen LogP contribution is 2.60. The summed E-state index contributed by atoms with van der Waals surface area (Å²) in [7, 11) is 0. The summed E-state index contributed by atoms with van der Waals surface area (Å²) in [6, 6.07) is 51.0. The molecule has 220 valence electrons. The zero-order valence-electron chi connectivity index (χ0n) is 24.8. The molecule has 0 saturated heterocycles. The van der Waals surface area contributed by atoms with Gasteiger partial charge in [-0.15, -0.1) is 0 Å². The molecule has 0 atom stereocenters. The van der Waals surface area contributed by atoms with Crippen LogP contribution in [-0.4, -0.2) is 9.97 Å². The molecule has 6 heteroatoms. The fourth-order valence-corrected chi connectivity index (χ4v) is 8.50. The van der Waals surface area contributed by atoms with E-state index in [2.05, 4.69) is 153 Å². The molecule has 6 aromatic rings. The summed E-state index contributed by atoms with van der Waals surface area (Å²) in [5, 5.41) is 2.22. The third kappa shape index (κ3) is 5.21. The lowest BCUT2D eigenvalue weighted by molar-refractivity contribution is 1.18. The van der Waals surface area contributed by atoms with Crippen LogP contribution in [0.1, 0.15) is 22.3 Å². The maximum Gasteiger partial charge on any atom is 0.117 e. The third-order valence-electron chi connectivity index (χ3n) is 7.84. The summed E-state index contributed by atoms with van der Waals surface area (Å²) in [6.45, 7) is 0. The number of pyridine rings is 2. The van der Waals surface area contributed by atoms with Crippen LogP contribution in [-0.2, 0) is 0 Å². The van der Waals surface area contributed by atoms with Gasteiger partial charge in [0.1, 0.15) is 10.1 Å². The van der Waals surface area contributed by atoms with E-state index in [-0.39, 0.29) is 0 Å². The Balaban J connectivity index is 1.43. The van der Waals surface area contributed by atoms with Crippen molar-refractivity contribution in [2.45, 2.75) is 0 Å². The van der Waals surface area contributed by atoms with Crippen LogP contribution in [0.5, 0.6) is 0 Å². The third-order valence-corrected chi connectivity index (χ3v) is 10.4. The van der Waals surface area contributed by atoms with Gasteiger partial charge in [-0.2, -0.15) is 0 Å². The maximum absolute atomic E-state index is 4.58. The van der Waals surface area contributed by atoms with E-state index in [9.17, 15) is 0 Å². The standard InChI is InChI=1S/C40H28N4S2/c1-5-15-29(16-6-1)35-37(31-19-9-3-10-20-31)45-39(43(35)33-23-13-25-41-27-33)40-44(34-24-14-26-42-28-34)36(30-17-7-2-8-18-30)38(46-40)32-21-11-4-12-22-32/h1-28H/b40-39+. The van der Waals surface area contributed by atoms with Crippen molar-refractivity contribution < 1.29 is 0 Å². The van der Waals surface area contributed by atoms with Crippen LogP contribution >= 0.6 is 23.5 Å². The molecule has 0 spiro atoms. The topological polar surface area (TPSA) is 32.3 Å². The Morgan fingerprint density at radius 1 is 0.370 bits per heavy atom. The van der Waals surface area contributed by atoms with Gasteiger partial charge in [0, 0.05) is 22.2 Å². The Morgan fingerprint density at radius 2 is 0.717 bits per heavy atom. The van der Waals surface area contributed by atoms with E-state index >= 15 is 0 Å². The Labute approximate surface area is 277 Å². The van der Waals surface area contributed by atoms with Gasteiger partial charge in [-0.25, -0.2) is 0 Å². The van der Waals surface area contributed by atoms with E-state index < -0.39 is 0 Å². The van der Waals surface area contributed by atoms with Crippen molar-refractivity contribution in [1.82, 2.24) is 9.97 Å². The molecule has 0 radical (unpaired) electrons. The summed E-state index contributed by atoms with van der Waals surface area (Å²) in [4.78, 5) is 16.3. The van der Waals surface area contributed by atoms with Crippen molar-refractivity contribution in [3.8, 4) is 0 Å². The Hall–Kier alpha value is -5.30. The molecule has 2 aromatic heterocycles. The highest BCUT2D eigenvalue weighted by atomic mass is 32.2. The number of hydrogen-bond acceptors (Lipinski definition) is 6. The first-order valence-corrected chi connectivity index (χ1v) is 16.7. The monoisotopic (exact) mass is 628 g/mol. The Bertz CT molecular complexity index is 1910. The summed E-state index contributed by atoms with van der Waals surface area (Å²) in [6.07, 6.45) is 7.57. The van der Waals surface area contributed by atoms with E-state index in [0.29, 0.717) is 0 Å². The van der Waals surface area contributed by atoms with Crippen LogP contribution in [0.4, 0.5) is 11.4 Å². The summed E-state index contributed by atoms with van der Waals surface area (Å²) >= 11 is 3.62. The van der Waals surface area contributed by atoms with E-state index in [1.165, 1.54) is 20.9 Å². The second kappa shape index (κ2) is 12.6. The predicted molar refractivity (Wildman–Crippen MR) is 195 cm³/mol. The van der Waals surface area contributed by atoms with E-state index in [0.717, 1.165) is 44.0 Å². The lowest BCUT2D eigenvalue weighted by atomic mass is 10.1. The number of thioether (sulfide) groups is 2. The summed E-state index contributed by atoms with van der Waals surface area (Å²) in [5.74, 6) is 0. The van der Waals surface area contributed by atoms with Gasteiger partial charge in [-0.3, -0.25) is 19.8 Å². The van der Waals surface area contributed by atoms with Gasteiger partial charge in [-0.1, -0.05) is 145 Å². The maximum atomic E-state index is 4.58. The predicted octanol–water partition coefficient (Wildman–Crippen LogP) is 10.5. The van der Waals surface area contributed by atoms with Gasteiger partial charge in [0.05, 0.1) is 35.2 Å². The lowest BCUT2D eigenvalue weighted by Gasteiger charge is -2.29. The molecular weight excluding hydrogens is 601 g/mol. The SMILES string of the molecule is c1ccc(C2=C(c3ccccc3)N(c3cccnc3)/C(=C3\SC(c4ccccc4)=C(c4ccccc4)N3c3cccnc3)S2)cc1. The molecule has 0 amide bonds. The van der Waals surface area contributed by atoms with Crippen LogP contribution in [0.25, 0.3) is 21.2 Å². The molecule has 0 aliphatic carbocycles. The second-order valence-electron chi connectivity index (χ2n) is 10.7. The molecule has 0 saturated carbocycles. The van der Waals surface area contributed by atoms with Crippen molar-refractivity contribution >= 4 is 56.1 Å². The summed E-state index contributed by atoms with van der Waals surface area (Å²) < 4.78 is 0. The number of nitrogens with zero attached hydrogens (tertiary/aromatic N) is 4. The highest BCUT2D eigenvalue weighted by molar-refractivity contribution is 8.16. The van der Waals surface area contributed by atoms with Crippen LogP contribution in [0.3, 0.4) is 0 Å². The molecule has 8 rings (SSSR count). The van der Waals surface area contributed by atoms with Crippen LogP contribution in [0, 0.1) is 0 Å². The van der Waals surface area contributed by atoms with E-state index in [1.807, 2.05) is 60.4 Å². The van der Waals surface area contributed by atoms with Gasteiger partial charge < -0.3 is 0 Å². The minimum absolute atomic E-state index is 1.00. The first kappa shape index (κ1) is 28.2. The fraction of sp³-hybridized carbons (Fsp3) is 0. The molecule has 0 N–H and O–H groups in total. The molecule has 4 heterocycles. The summed E-state index contributed by atoms with van der Waals surface area (Å²) in [5.41, 5.74) is 8.90. The molecule has 0 unspecified atom stereocenters. The first-order valence-electron chi connectivity index (χ1n) is 15.1. The molecule has 46 heavy (non-hydrogen) atoms. The molecular formula is C40H28N4S2. The number of rotatable bonds is 6. The van der Waals surface area contributed by atoms with Crippen molar-refractivity contribution in [3.05, 3.63) is 203 Å².